The molecule has 1 fully saturated rings. The van der Waals surface area contributed by atoms with E-state index in [0.29, 0.717) is 19.6 Å². The topological polar surface area (TPSA) is 52.7 Å². The molecule has 0 aliphatic carbocycles. The SMILES string of the molecule is CNCCN(C)S(=O)(=O)N1CCCCC1C.Cl. The normalized spacial score (nSPS) is 22.5. The molecule has 1 aliphatic heterocycles. The van der Waals surface area contributed by atoms with E-state index in [1.165, 1.54) is 4.31 Å². The number of rotatable bonds is 5. The molecule has 5 nitrogen and oxygen atoms in total. The highest BCUT2D eigenvalue weighted by molar-refractivity contribution is 7.86. The molecule has 1 rings (SSSR count). The van der Waals surface area contributed by atoms with Crippen molar-refractivity contribution >= 4 is 22.6 Å². The first-order valence-corrected chi connectivity index (χ1v) is 7.27. The molecule has 0 aromatic heterocycles. The van der Waals surface area contributed by atoms with E-state index in [0.717, 1.165) is 19.3 Å². The van der Waals surface area contributed by atoms with Crippen LogP contribution in [-0.2, 0) is 10.2 Å². The van der Waals surface area contributed by atoms with E-state index in [2.05, 4.69) is 5.32 Å². The van der Waals surface area contributed by atoms with Gasteiger partial charge in [0.15, 0.2) is 0 Å². The van der Waals surface area contributed by atoms with Crippen LogP contribution in [0.15, 0.2) is 0 Å². The summed E-state index contributed by atoms with van der Waals surface area (Å²) in [5.41, 5.74) is 0. The fraction of sp³-hybridized carbons (Fsp3) is 1.00. The molecule has 0 radical (unpaired) electrons. The highest BCUT2D eigenvalue weighted by Crippen LogP contribution is 2.21. The number of hydrogen-bond donors (Lipinski definition) is 1. The number of nitrogens with one attached hydrogen (secondary N) is 1. The van der Waals surface area contributed by atoms with Gasteiger partial charge in [0.1, 0.15) is 0 Å². The molecule has 17 heavy (non-hydrogen) atoms. The van der Waals surface area contributed by atoms with Gasteiger partial charge in [0.05, 0.1) is 0 Å². The number of halogens is 1. The molecule has 104 valence electrons. The van der Waals surface area contributed by atoms with Gasteiger partial charge in [-0.05, 0) is 26.8 Å². The molecule has 1 unspecified atom stereocenters. The Kier molecular flexibility index (Phi) is 7.58. The Bertz CT molecular complexity index is 311. The summed E-state index contributed by atoms with van der Waals surface area (Å²) in [7, 11) is 0.213. The number of hydrogen-bond acceptors (Lipinski definition) is 3. The average Bonchev–Trinajstić information content (AvgIpc) is 2.26. The van der Waals surface area contributed by atoms with Gasteiger partial charge in [-0.25, -0.2) is 0 Å². The largest absolute Gasteiger partial charge is 0.318 e. The molecule has 7 heteroatoms. The van der Waals surface area contributed by atoms with Crippen molar-refractivity contribution in [2.45, 2.75) is 32.2 Å². The van der Waals surface area contributed by atoms with E-state index in [1.807, 2.05) is 14.0 Å². The molecule has 0 saturated carbocycles. The molecule has 0 spiro atoms. The third kappa shape index (κ3) is 4.37. The molecule has 1 heterocycles. The van der Waals surface area contributed by atoms with Crippen molar-refractivity contribution in [2.24, 2.45) is 0 Å². The Morgan fingerprint density at radius 3 is 2.59 bits per heavy atom. The molecule has 0 amide bonds. The Morgan fingerprint density at radius 1 is 1.41 bits per heavy atom. The third-order valence-corrected chi connectivity index (χ3v) is 5.21. The van der Waals surface area contributed by atoms with Gasteiger partial charge in [-0.2, -0.15) is 17.0 Å². The highest BCUT2D eigenvalue weighted by atomic mass is 35.5. The predicted molar refractivity (Wildman–Crippen MR) is 72.7 cm³/mol. The van der Waals surface area contributed by atoms with Crippen LogP contribution in [0.25, 0.3) is 0 Å². The minimum Gasteiger partial charge on any atom is -0.318 e. The highest BCUT2D eigenvalue weighted by Gasteiger charge is 2.32. The summed E-state index contributed by atoms with van der Waals surface area (Å²) in [5.74, 6) is 0. The zero-order chi connectivity index (χ0) is 12.2. The van der Waals surface area contributed by atoms with Crippen LogP contribution in [0.4, 0.5) is 0 Å². The summed E-state index contributed by atoms with van der Waals surface area (Å²) in [6.07, 6.45) is 3.08. The molecular weight excluding hydrogens is 262 g/mol. The van der Waals surface area contributed by atoms with Crippen LogP contribution < -0.4 is 5.32 Å². The van der Waals surface area contributed by atoms with Gasteiger partial charge in [0.25, 0.3) is 10.2 Å². The Balaban J connectivity index is 0.00000256. The van der Waals surface area contributed by atoms with Gasteiger partial charge >= 0.3 is 0 Å². The Labute approximate surface area is 111 Å². The lowest BCUT2D eigenvalue weighted by Crippen LogP contribution is -2.49. The van der Waals surface area contributed by atoms with E-state index in [1.54, 1.807) is 11.4 Å². The van der Waals surface area contributed by atoms with Crippen LogP contribution >= 0.6 is 12.4 Å². The monoisotopic (exact) mass is 285 g/mol. The van der Waals surface area contributed by atoms with Gasteiger partial charge in [-0.3, -0.25) is 0 Å². The van der Waals surface area contributed by atoms with Crippen LogP contribution in [0, 0.1) is 0 Å². The average molecular weight is 286 g/mol. The van der Waals surface area contributed by atoms with Crippen LogP contribution in [-0.4, -0.2) is 56.8 Å². The molecule has 1 atom stereocenters. The van der Waals surface area contributed by atoms with Crippen molar-refractivity contribution in [3.63, 3.8) is 0 Å². The quantitative estimate of drug-likeness (QED) is 0.808. The fourth-order valence-corrected chi connectivity index (χ4v) is 3.58. The van der Waals surface area contributed by atoms with Gasteiger partial charge < -0.3 is 5.32 Å². The maximum atomic E-state index is 12.2. The van der Waals surface area contributed by atoms with Crippen molar-refractivity contribution in [2.75, 3.05) is 33.7 Å². The second-order valence-corrected chi connectivity index (χ2v) is 6.38. The van der Waals surface area contributed by atoms with Crippen molar-refractivity contribution in [3.05, 3.63) is 0 Å². The summed E-state index contributed by atoms with van der Waals surface area (Å²) in [4.78, 5) is 0. The van der Waals surface area contributed by atoms with Crippen LogP contribution in [0.2, 0.25) is 0 Å². The maximum absolute atomic E-state index is 12.2. The first-order chi connectivity index (χ1) is 7.50. The number of likely N-dealkylation sites (N-methyl/N-ethyl adjacent to an activating group) is 2. The van der Waals surface area contributed by atoms with E-state index in [-0.39, 0.29) is 18.4 Å². The molecule has 0 aromatic rings. The van der Waals surface area contributed by atoms with E-state index in [4.69, 9.17) is 0 Å². The first-order valence-electron chi connectivity index (χ1n) is 5.88. The maximum Gasteiger partial charge on any atom is 0.282 e. The summed E-state index contributed by atoms with van der Waals surface area (Å²) >= 11 is 0. The summed E-state index contributed by atoms with van der Waals surface area (Å²) in [5, 5.41) is 2.96. The van der Waals surface area contributed by atoms with Gasteiger partial charge in [-0.1, -0.05) is 6.42 Å². The lowest BCUT2D eigenvalue weighted by molar-refractivity contribution is 0.250. The summed E-state index contributed by atoms with van der Waals surface area (Å²) in [6, 6.07) is 0.135. The first kappa shape index (κ1) is 17.1. The lowest BCUT2D eigenvalue weighted by atomic mass is 10.1. The Hall–Kier alpha value is 0.120. The fourth-order valence-electron chi connectivity index (χ4n) is 1.98. The van der Waals surface area contributed by atoms with Crippen LogP contribution in [0.3, 0.4) is 0 Å². The second-order valence-electron chi connectivity index (χ2n) is 4.39. The van der Waals surface area contributed by atoms with E-state index >= 15 is 0 Å². The second kappa shape index (κ2) is 7.53. The third-order valence-electron chi connectivity index (χ3n) is 3.11. The minimum atomic E-state index is -3.26. The molecule has 1 N–H and O–H groups in total. The molecule has 0 bridgehead atoms. The van der Waals surface area contributed by atoms with Crippen LogP contribution in [0.5, 0.6) is 0 Å². The van der Waals surface area contributed by atoms with Crippen molar-refractivity contribution in [1.82, 2.24) is 13.9 Å². The molecule has 1 aliphatic rings. The van der Waals surface area contributed by atoms with Crippen LogP contribution in [0.1, 0.15) is 26.2 Å². The van der Waals surface area contributed by atoms with Gasteiger partial charge in [0.2, 0.25) is 0 Å². The lowest BCUT2D eigenvalue weighted by Gasteiger charge is -2.35. The number of nitrogens with zero attached hydrogens (tertiary/aromatic N) is 2. The van der Waals surface area contributed by atoms with E-state index < -0.39 is 10.2 Å². The zero-order valence-electron chi connectivity index (χ0n) is 10.8. The van der Waals surface area contributed by atoms with Gasteiger partial charge in [0, 0.05) is 32.7 Å². The molecule has 0 aromatic carbocycles. The number of piperidine rings is 1. The van der Waals surface area contributed by atoms with Crippen molar-refractivity contribution < 1.29 is 8.42 Å². The smallest absolute Gasteiger partial charge is 0.282 e. The Morgan fingerprint density at radius 2 is 2.06 bits per heavy atom. The summed E-state index contributed by atoms with van der Waals surface area (Å²) < 4.78 is 27.5. The molecule has 1 saturated heterocycles. The van der Waals surface area contributed by atoms with Gasteiger partial charge in [-0.15, -0.1) is 12.4 Å². The zero-order valence-corrected chi connectivity index (χ0v) is 12.5. The summed E-state index contributed by atoms with van der Waals surface area (Å²) in [6.45, 7) is 3.84. The van der Waals surface area contributed by atoms with E-state index in [9.17, 15) is 8.42 Å². The minimum absolute atomic E-state index is 0. The van der Waals surface area contributed by atoms with Crippen molar-refractivity contribution in [1.29, 1.82) is 0 Å². The molecular formula is C10H24ClN3O2S. The predicted octanol–water partition coefficient (Wildman–Crippen LogP) is 0.679. The van der Waals surface area contributed by atoms with Crippen molar-refractivity contribution in [3.8, 4) is 0 Å². The standard InChI is InChI=1S/C10H23N3O2S.ClH/c1-10-6-4-5-8-13(10)16(14,15)12(3)9-7-11-2;/h10-11H,4-9H2,1-3H3;1H.